The molecule has 5 rings (SSSR count). The Kier molecular flexibility index (Phi) is 3.57. The van der Waals surface area contributed by atoms with E-state index in [4.69, 9.17) is 4.98 Å². The zero-order valence-corrected chi connectivity index (χ0v) is 14.6. The number of nitrogens with zero attached hydrogens (tertiary/aromatic N) is 5. The number of benzene rings is 1. The summed E-state index contributed by atoms with van der Waals surface area (Å²) in [5.41, 5.74) is 2.77. The Bertz CT molecular complexity index is 1130. The lowest BCUT2D eigenvalue weighted by Crippen LogP contribution is -2.32. The van der Waals surface area contributed by atoms with Gasteiger partial charge in [0, 0.05) is 6.04 Å². The van der Waals surface area contributed by atoms with Gasteiger partial charge in [0.1, 0.15) is 23.5 Å². The highest BCUT2D eigenvalue weighted by Crippen LogP contribution is 2.38. The van der Waals surface area contributed by atoms with E-state index in [9.17, 15) is 9.50 Å². The SMILES string of the molecule is C[C@H](Nc1ncnc2nc[nH]c12)c1nc2ccc(F)cc2n1C1CC(O)C1. The number of imidazole rings is 2. The van der Waals surface area contributed by atoms with Crippen LogP contribution in [0.15, 0.2) is 30.9 Å². The maximum Gasteiger partial charge on any atom is 0.182 e. The summed E-state index contributed by atoms with van der Waals surface area (Å²) in [7, 11) is 0. The van der Waals surface area contributed by atoms with Crippen LogP contribution in [0.4, 0.5) is 10.2 Å². The Morgan fingerprint density at radius 2 is 2.15 bits per heavy atom. The van der Waals surface area contributed by atoms with Crippen LogP contribution in [0.1, 0.15) is 37.7 Å². The van der Waals surface area contributed by atoms with Crippen molar-refractivity contribution in [2.24, 2.45) is 0 Å². The summed E-state index contributed by atoms with van der Waals surface area (Å²) >= 11 is 0. The number of rotatable bonds is 4. The normalized spacial score (nSPS) is 20.7. The Labute approximate surface area is 153 Å². The van der Waals surface area contributed by atoms with E-state index in [2.05, 4.69) is 25.3 Å². The molecule has 9 heteroatoms. The van der Waals surface area contributed by atoms with Gasteiger partial charge in [0.2, 0.25) is 0 Å². The molecule has 27 heavy (non-hydrogen) atoms. The van der Waals surface area contributed by atoms with Gasteiger partial charge in [0.25, 0.3) is 0 Å². The van der Waals surface area contributed by atoms with E-state index >= 15 is 0 Å². The zero-order valence-electron chi connectivity index (χ0n) is 14.6. The molecule has 3 N–H and O–H groups in total. The molecule has 1 fully saturated rings. The smallest absolute Gasteiger partial charge is 0.182 e. The number of nitrogens with one attached hydrogen (secondary N) is 2. The van der Waals surface area contributed by atoms with E-state index in [1.54, 1.807) is 12.4 Å². The molecule has 0 radical (unpaired) electrons. The van der Waals surface area contributed by atoms with Crippen LogP contribution in [0.5, 0.6) is 0 Å². The summed E-state index contributed by atoms with van der Waals surface area (Å²) in [6.45, 7) is 1.98. The third kappa shape index (κ3) is 2.62. The number of aromatic nitrogens is 6. The summed E-state index contributed by atoms with van der Waals surface area (Å²) in [6, 6.07) is 4.50. The quantitative estimate of drug-likeness (QED) is 0.512. The van der Waals surface area contributed by atoms with Gasteiger partial charge in [-0.2, -0.15) is 0 Å². The average Bonchev–Trinajstić information content (AvgIpc) is 3.24. The largest absolute Gasteiger partial charge is 0.393 e. The molecule has 0 saturated heterocycles. The van der Waals surface area contributed by atoms with Gasteiger partial charge in [0.05, 0.1) is 29.5 Å². The number of halogens is 1. The highest BCUT2D eigenvalue weighted by molar-refractivity contribution is 5.82. The monoisotopic (exact) mass is 367 g/mol. The highest BCUT2D eigenvalue weighted by atomic mass is 19.1. The molecular formula is C18H18FN7O. The van der Waals surface area contributed by atoms with Crippen LogP contribution >= 0.6 is 0 Å². The van der Waals surface area contributed by atoms with Gasteiger partial charge in [-0.05, 0) is 38.0 Å². The summed E-state index contributed by atoms with van der Waals surface area (Å²) in [6.07, 6.45) is 3.99. The van der Waals surface area contributed by atoms with Crippen molar-refractivity contribution in [1.82, 2.24) is 29.5 Å². The van der Waals surface area contributed by atoms with Gasteiger partial charge >= 0.3 is 0 Å². The molecule has 3 heterocycles. The number of hydrogen-bond acceptors (Lipinski definition) is 6. The molecule has 4 aromatic rings. The summed E-state index contributed by atoms with van der Waals surface area (Å²) in [5, 5.41) is 13.1. The third-order valence-electron chi connectivity index (χ3n) is 5.10. The first-order chi connectivity index (χ1) is 13.1. The molecule has 138 valence electrons. The maximum absolute atomic E-state index is 13.8. The molecule has 3 aromatic heterocycles. The number of hydrogen-bond donors (Lipinski definition) is 3. The van der Waals surface area contributed by atoms with E-state index < -0.39 is 0 Å². The second kappa shape index (κ2) is 5.98. The van der Waals surface area contributed by atoms with Crippen LogP contribution in [0.3, 0.4) is 0 Å². The molecular weight excluding hydrogens is 349 g/mol. The van der Waals surface area contributed by atoms with Crippen molar-refractivity contribution in [1.29, 1.82) is 0 Å². The summed E-state index contributed by atoms with van der Waals surface area (Å²) in [5.74, 6) is 1.10. The lowest BCUT2D eigenvalue weighted by atomic mass is 9.89. The van der Waals surface area contributed by atoms with Crippen LogP contribution in [0, 0.1) is 5.82 Å². The fourth-order valence-corrected chi connectivity index (χ4v) is 3.69. The standard InChI is InChI=1S/C18H18FN7O/c1-9(24-17-15-16(21-7-20-15)22-8-23-17)18-25-13-3-2-10(19)4-14(13)26(18)11-5-12(27)6-11/h2-4,7-9,11-12,27H,5-6H2,1H3,(H2,20,21,22,23,24)/t9-,11?,12?/m0/s1. The molecule has 1 saturated carbocycles. The molecule has 0 bridgehead atoms. The Hall–Kier alpha value is -3.07. The number of H-pyrrole nitrogens is 1. The fraction of sp³-hybridized carbons (Fsp3) is 0.333. The number of fused-ring (bicyclic) bond motifs is 2. The second-order valence-corrected chi connectivity index (χ2v) is 6.94. The molecule has 1 aromatic carbocycles. The van der Waals surface area contributed by atoms with Crippen molar-refractivity contribution in [3.63, 3.8) is 0 Å². The molecule has 0 unspecified atom stereocenters. The van der Waals surface area contributed by atoms with Gasteiger partial charge in [-0.3, -0.25) is 0 Å². The minimum Gasteiger partial charge on any atom is -0.393 e. The van der Waals surface area contributed by atoms with Gasteiger partial charge in [-0.1, -0.05) is 0 Å². The van der Waals surface area contributed by atoms with Crippen LogP contribution in [-0.2, 0) is 0 Å². The molecule has 1 atom stereocenters. The number of aliphatic hydroxyl groups excluding tert-OH is 1. The average molecular weight is 367 g/mol. The molecule has 1 aliphatic carbocycles. The molecule has 8 nitrogen and oxygen atoms in total. The Balaban J connectivity index is 1.57. The van der Waals surface area contributed by atoms with Gasteiger partial charge in [0.15, 0.2) is 11.5 Å². The predicted octanol–water partition coefficient (Wildman–Crippen LogP) is 2.71. The van der Waals surface area contributed by atoms with Crippen LogP contribution < -0.4 is 5.32 Å². The van der Waals surface area contributed by atoms with Crippen molar-refractivity contribution in [2.75, 3.05) is 5.32 Å². The number of anilines is 1. The number of aliphatic hydroxyl groups is 1. The van der Waals surface area contributed by atoms with Crippen molar-refractivity contribution in [2.45, 2.75) is 38.0 Å². The van der Waals surface area contributed by atoms with Crippen molar-refractivity contribution in [3.05, 3.63) is 42.5 Å². The zero-order chi connectivity index (χ0) is 18.5. The first kappa shape index (κ1) is 16.1. The second-order valence-electron chi connectivity index (χ2n) is 6.94. The minimum atomic E-state index is -0.316. The van der Waals surface area contributed by atoms with Crippen molar-refractivity contribution in [3.8, 4) is 0 Å². The Morgan fingerprint density at radius 3 is 2.96 bits per heavy atom. The summed E-state index contributed by atoms with van der Waals surface area (Å²) in [4.78, 5) is 20.3. The van der Waals surface area contributed by atoms with Gasteiger partial charge in [-0.25, -0.2) is 24.3 Å². The van der Waals surface area contributed by atoms with Crippen LogP contribution in [-0.4, -0.2) is 40.7 Å². The van der Waals surface area contributed by atoms with Crippen LogP contribution in [0.25, 0.3) is 22.2 Å². The lowest BCUT2D eigenvalue weighted by Gasteiger charge is -2.34. The van der Waals surface area contributed by atoms with Gasteiger partial charge < -0.3 is 20.0 Å². The first-order valence-corrected chi connectivity index (χ1v) is 8.86. The Morgan fingerprint density at radius 1 is 1.30 bits per heavy atom. The van der Waals surface area contributed by atoms with E-state index in [1.807, 2.05) is 11.5 Å². The fourth-order valence-electron chi connectivity index (χ4n) is 3.69. The first-order valence-electron chi connectivity index (χ1n) is 8.86. The molecule has 0 amide bonds. The van der Waals surface area contributed by atoms with E-state index in [0.717, 1.165) is 22.4 Å². The lowest BCUT2D eigenvalue weighted by molar-refractivity contribution is 0.0488. The maximum atomic E-state index is 13.8. The predicted molar refractivity (Wildman–Crippen MR) is 97.7 cm³/mol. The topological polar surface area (TPSA) is 105 Å². The minimum absolute atomic E-state index is 0.101. The van der Waals surface area contributed by atoms with E-state index in [1.165, 1.54) is 18.5 Å². The van der Waals surface area contributed by atoms with Gasteiger partial charge in [-0.15, -0.1) is 0 Å². The van der Waals surface area contributed by atoms with Crippen molar-refractivity contribution < 1.29 is 9.50 Å². The summed E-state index contributed by atoms with van der Waals surface area (Å²) < 4.78 is 15.9. The van der Waals surface area contributed by atoms with E-state index in [0.29, 0.717) is 24.3 Å². The highest BCUT2D eigenvalue weighted by Gasteiger charge is 2.33. The molecule has 1 aliphatic rings. The number of aromatic amines is 1. The van der Waals surface area contributed by atoms with E-state index in [-0.39, 0.29) is 24.0 Å². The molecule has 0 spiro atoms. The third-order valence-corrected chi connectivity index (χ3v) is 5.10. The van der Waals surface area contributed by atoms with Crippen LogP contribution in [0.2, 0.25) is 0 Å². The van der Waals surface area contributed by atoms with Crippen molar-refractivity contribution >= 4 is 28.0 Å². The molecule has 0 aliphatic heterocycles.